The monoisotopic (exact) mass is 448 g/mol. The molecule has 11 heteroatoms. The highest BCUT2D eigenvalue weighted by Crippen LogP contribution is 2.31. The SMILES string of the molecule is Cc1ccc(OCc2nnc(SCc3nc(-c4cccc(C(F)(F)F)c4)no3)o2)cc1. The Bertz CT molecular complexity index is 1160. The number of ether oxygens (including phenoxy) is 1. The van der Waals surface area contributed by atoms with Crippen LogP contribution in [0.4, 0.5) is 13.2 Å². The van der Waals surface area contributed by atoms with E-state index in [1.165, 1.54) is 12.1 Å². The topological polar surface area (TPSA) is 87.1 Å². The fourth-order valence-corrected chi connectivity index (χ4v) is 3.14. The molecule has 0 saturated heterocycles. The minimum absolute atomic E-state index is 0.0689. The second-order valence-corrected chi connectivity index (χ2v) is 7.37. The maximum Gasteiger partial charge on any atom is 0.416 e. The van der Waals surface area contributed by atoms with Gasteiger partial charge >= 0.3 is 6.18 Å². The average molecular weight is 448 g/mol. The number of hydrogen-bond acceptors (Lipinski definition) is 8. The van der Waals surface area contributed by atoms with Crippen molar-refractivity contribution in [2.45, 2.75) is 30.7 Å². The van der Waals surface area contributed by atoms with Gasteiger partial charge in [0.2, 0.25) is 11.7 Å². The van der Waals surface area contributed by atoms with Crippen LogP contribution in [-0.2, 0) is 18.5 Å². The summed E-state index contributed by atoms with van der Waals surface area (Å²) in [5, 5.41) is 11.8. The summed E-state index contributed by atoms with van der Waals surface area (Å²) in [4.78, 5) is 4.13. The predicted molar refractivity (Wildman–Crippen MR) is 104 cm³/mol. The van der Waals surface area contributed by atoms with Crippen LogP contribution < -0.4 is 4.74 Å². The Kier molecular flexibility index (Phi) is 5.94. The molecule has 0 aliphatic heterocycles. The number of aromatic nitrogens is 4. The lowest BCUT2D eigenvalue weighted by Gasteiger charge is -2.06. The third-order valence-electron chi connectivity index (χ3n) is 4.07. The molecule has 0 N–H and O–H groups in total. The third kappa shape index (κ3) is 5.43. The van der Waals surface area contributed by atoms with Gasteiger partial charge in [-0.2, -0.15) is 18.2 Å². The Morgan fingerprint density at radius 2 is 1.84 bits per heavy atom. The minimum atomic E-state index is -4.45. The molecule has 0 aliphatic rings. The summed E-state index contributed by atoms with van der Waals surface area (Å²) in [5.41, 5.74) is 0.557. The summed E-state index contributed by atoms with van der Waals surface area (Å²) in [5.74, 6) is 1.49. The van der Waals surface area contributed by atoms with E-state index in [4.69, 9.17) is 13.7 Å². The van der Waals surface area contributed by atoms with Crippen molar-refractivity contribution in [3.05, 3.63) is 71.4 Å². The number of rotatable bonds is 7. The second-order valence-electron chi connectivity index (χ2n) is 6.44. The molecule has 0 unspecified atom stereocenters. The van der Waals surface area contributed by atoms with Gasteiger partial charge in [0.05, 0.1) is 11.3 Å². The van der Waals surface area contributed by atoms with E-state index in [0.717, 1.165) is 29.5 Å². The molecule has 0 aliphatic carbocycles. The van der Waals surface area contributed by atoms with Crippen LogP contribution in [0, 0.1) is 6.92 Å². The second kappa shape index (κ2) is 8.80. The molecule has 0 amide bonds. The lowest BCUT2D eigenvalue weighted by atomic mass is 10.1. The molecule has 4 rings (SSSR count). The van der Waals surface area contributed by atoms with Crippen molar-refractivity contribution in [1.29, 1.82) is 0 Å². The first kappa shape index (κ1) is 20.9. The van der Waals surface area contributed by atoms with Crippen molar-refractivity contribution in [2.75, 3.05) is 0 Å². The molecule has 0 radical (unpaired) electrons. The van der Waals surface area contributed by atoms with Gasteiger partial charge in [0, 0.05) is 5.56 Å². The van der Waals surface area contributed by atoms with Crippen LogP contribution in [0.1, 0.15) is 22.9 Å². The first-order chi connectivity index (χ1) is 14.9. The number of halogens is 3. The Morgan fingerprint density at radius 3 is 2.61 bits per heavy atom. The molecule has 7 nitrogen and oxygen atoms in total. The van der Waals surface area contributed by atoms with Gasteiger partial charge in [-0.3, -0.25) is 0 Å². The van der Waals surface area contributed by atoms with Crippen molar-refractivity contribution in [3.8, 4) is 17.1 Å². The van der Waals surface area contributed by atoms with Crippen LogP contribution in [0.25, 0.3) is 11.4 Å². The van der Waals surface area contributed by atoms with Gasteiger partial charge in [0.1, 0.15) is 5.75 Å². The summed E-state index contributed by atoms with van der Waals surface area (Å²) in [6.07, 6.45) is -4.45. The fraction of sp³-hybridized carbons (Fsp3) is 0.200. The van der Waals surface area contributed by atoms with Gasteiger partial charge in [-0.1, -0.05) is 46.7 Å². The van der Waals surface area contributed by atoms with E-state index < -0.39 is 11.7 Å². The average Bonchev–Trinajstić information content (AvgIpc) is 3.41. The molecule has 0 spiro atoms. The summed E-state index contributed by atoms with van der Waals surface area (Å²) in [6.45, 7) is 2.11. The van der Waals surface area contributed by atoms with Gasteiger partial charge < -0.3 is 13.7 Å². The van der Waals surface area contributed by atoms with E-state index in [9.17, 15) is 13.2 Å². The summed E-state index contributed by atoms with van der Waals surface area (Å²) >= 11 is 1.16. The summed E-state index contributed by atoms with van der Waals surface area (Å²) in [6, 6.07) is 12.3. The van der Waals surface area contributed by atoms with Crippen molar-refractivity contribution in [2.24, 2.45) is 0 Å². The molecule has 2 aromatic carbocycles. The quantitative estimate of drug-likeness (QED) is 0.351. The number of nitrogens with zero attached hydrogens (tertiary/aromatic N) is 4. The van der Waals surface area contributed by atoms with E-state index in [0.29, 0.717) is 11.6 Å². The lowest BCUT2D eigenvalue weighted by molar-refractivity contribution is -0.137. The lowest BCUT2D eigenvalue weighted by Crippen LogP contribution is -2.04. The van der Waals surface area contributed by atoms with Gasteiger partial charge in [-0.05, 0) is 31.2 Å². The van der Waals surface area contributed by atoms with E-state index in [1.54, 1.807) is 0 Å². The molecular weight excluding hydrogens is 433 g/mol. The molecular formula is C20H15F3N4O3S. The Morgan fingerprint density at radius 1 is 1.03 bits per heavy atom. The maximum absolute atomic E-state index is 12.9. The van der Waals surface area contributed by atoms with Crippen LogP contribution in [0.5, 0.6) is 5.75 Å². The van der Waals surface area contributed by atoms with Gasteiger partial charge in [0.15, 0.2) is 6.61 Å². The van der Waals surface area contributed by atoms with E-state index in [1.807, 2.05) is 31.2 Å². The molecule has 0 atom stereocenters. The molecule has 2 aromatic heterocycles. The number of aryl methyl sites for hydroxylation is 1. The summed E-state index contributed by atoms with van der Waals surface area (Å²) < 4.78 is 54.8. The van der Waals surface area contributed by atoms with Gasteiger partial charge in [0.25, 0.3) is 11.1 Å². The predicted octanol–water partition coefficient (Wildman–Crippen LogP) is 5.32. The first-order valence-electron chi connectivity index (χ1n) is 9.02. The molecule has 0 fully saturated rings. The molecule has 4 aromatic rings. The number of hydrogen-bond donors (Lipinski definition) is 0. The normalized spacial score (nSPS) is 11.6. The summed E-state index contributed by atoms with van der Waals surface area (Å²) in [7, 11) is 0. The van der Waals surface area contributed by atoms with Crippen LogP contribution in [-0.4, -0.2) is 20.3 Å². The Labute approximate surface area is 178 Å². The zero-order valence-electron chi connectivity index (χ0n) is 16.1. The van der Waals surface area contributed by atoms with Crippen molar-refractivity contribution < 1.29 is 26.8 Å². The molecule has 2 heterocycles. The standard InChI is InChI=1S/C20H15F3N4O3S/c1-12-5-7-15(8-6-12)28-10-16-25-26-19(29-16)31-11-17-24-18(27-30-17)13-3-2-4-14(9-13)20(21,22)23/h2-9H,10-11H2,1H3. The highest BCUT2D eigenvalue weighted by Gasteiger charge is 2.30. The molecule has 31 heavy (non-hydrogen) atoms. The number of alkyl halides is 3. The zero-order valence-corrected chi connectivity index (χ0v) is 16.9. The third-order valence-corrected chi connectivity index (χ3v) is 4.87. The molecule has 0 saturated carbocycles. The highest BCUT2D eigenvalue weighted by molar-refractivity contribution is 7.98. The highest BCUT2D eigenvalue weighted by atomic mass is 32.2. The van der Waals surface area contributed by atoms with Crippen LogP contribution in [0.2, 0.25) is 0 Å². The smallest absolute Gasteiger partial charge is 0.416 e. The Hall–Kier alpha value is -3.34. The fourth-order valence-electron chi connectivity index (χ4n) is 2.52. The van der Waals surface area contributed by atoms with Crippen LogP contribution in [0.3, 0.4) is 0 Å². The molecule has 0 bridgehead atoms. The Balaban J connectivity index is 1.33. The van der Waals surface area contributed by atoms with Crippen LogP contribution in [0.15, 0.2) is 62.7 Å². The van der Waals surface area contributed by atoms with Crippen molar-refractivity contribution in [3.63, 3.8) is 0 Å². The first-order valence-corrected chi connectivity index (χ1v) is 10.0. The van der Waals surface area contributed by atoms with Gasteiger partial charge in [-0.25, -0.2) is 0 Å². The largest absolute Gasteiger partial charge is 0.484 e. The van der Waals surface area contributed by atoms with Crippen molar-refractivity contribution >= 4 is 11.8 Å². The van der Waals surface area contributed by atoms with Crippen LogP contribution >= 0.6 is 11.8 Å². The zero-order chi connectivity index (χ0) is 21.8. The number of thioether (sulfide) groups is 1. The number of benzene rings is 2. The molecule has 160 valence electrons. The maximum atomic E-state index is 12.9. The van der Waals surface area contributed by atoms with Crippen molar-refractivity contribution in [1.82, 2.24) is 20.3 Å². The van der Waals surface area contributed by atoms with E-state index in [-0.39, 0.29) is 34.9 Å². The van der Waals surface area contributed by atoms with E-state index >= 15 is 0 Å². The minimum Gasteiger partial charge on any atom is -0.484 e. The van der Waals surface area contributed by atoms with Gasteiger partial charge in [-0.15, -0.1) is 10.2 Å². The van der Waals surface area contributed by atoms with E-state index in [2.05, 4.69) is 20.3 Å².